The minimum Gasteiger partial charge on any atom is -0.491 e. The number of benzene rings is 1. The standard InChI is InChI=1S/C16H24ClNO4/c1-5-22-14-8-11(7-12(17)15(14)21-4)9-18-13(16(19)20)6-10(2)3/h7-8,10,13,18H,5-6,9H2,1-4H3,(H,19,20)/t13-/m1/s1. The van der Waals surface area contributed by atoms with Crippen LogP contribution in [0.4, 0.5) is 0 Å². The van der Waals surface area contributed by atoms with E-state index in [4.69, 9.17) is 21.1 Å². The molecular formula is C16H24ClNO4. The highest BCUT2D eigenvalue weighted by atomic mass is 35.5. The molecule has 1 aromatic rings. The maximum Gasteiger partial charge on any atom is 0.320 e. The SMILES string of the molecule is CCOc1cc(CN[C@H](CC(C)C)C(=O)O)cc(Cl)c1OC. The van der Waals surface area contributed by atoms with E-state index in [0.29, 0.717) is 42.0 Å². The number of hydrogen-bond acceptors (Lipinski definition) is 4. The molecular weight excluding hydrogens is 306 g/mol. The Kier molecular flexibility index (Phi) is 7.48. The molecule has 0 saturated heterocycles. The summed E-state index contributed by atoms with van der Waals surface area (Å²) in [6, 6.07) is 2.98. The van der Waals surface area contributed by atoms with Crippen LogP contribution in [0, 0.1) is 5.92 Å². The van der Waals surface area contributed by atoms with Gasteiger partial charge in [0.25, 0.3) is 0 Å². The molecule has 6 heteroatoms. The maximum atomic E-state index is 11.3. The van der Waals surface area contributed by atoms with Crippen LogP contribution < -0.4 is 14.8 Å². The number of ether oxygens (including phenoxy) is 2. The molecule has 0 spiro atoms. The van der Waals surface area contributed by atoms with Crippen molar-refractivity contribution in [3.63, 3.8) is 0 Å². The largest absolute Gasteiger partial charge is 0.491 e. The van der Waals surface area contributed by atoms with E-state index < -0.39 is 12.0 Å². The fourth-order valence-electron chi connectivity index (χ4n) is 2.17. The molecule has 0 aliphatic heterocycles. The van der Waals surface area contributed by atoms with Crippen LogP contribution in [0.5, 0.6) is 11.5 Å². The lowest BCUT2D eigenvalue weighted by Crippen LogP contribution is -2.37. The van der Waals surface area contributed by atoms with E-state index >= 15 is 0 Å². The van der Waals surface area contributed by atoms with Gasteiger partial charge in [0.1, 0.15) is 6.04 Å². The first-order valence-electron chi connectivity index (χ1n) is 7.34. The zero-order valence-corrected chi connectivity index (χ0v) is 14.2. The van der Waals surface area contributed by atoms with Crippen LogP contribution in [0.1, 0.15) is 32.8 Å². The van der Waals surface area contributed by atoms with Crippen molar-refractivity contribution in [2.45, 2.75) is 39.8 Å². The third-order valence-corrected chi connectivity index (χ3v) is 3.41. The number of rotatable bonds is 9. The normalized spacial score (nSPS) is 12.3. The summed E-state index contributed by atoms with van der Waals surface area (Å²) in [7, 11) is 1.53. The van der Waals surface area contributed by atoms with Gasteiger partial charge in [0, 0.05) is 6.54 Å². The Morgan fingerprint density at radius 2 is 2.09 bits per heavy atom. The number of carboxylic acids is 1. The van der Waals surface area contributed by atoms with Crippen molar-refractivity contribution in [1.29, 1.82) is 0 Å². The second-order valence-electron chi connectivity index (χ2n) is 5.44. The highest BCUT2D eigenvalue weighted by molar-refractivity contribution is 6.32. The highest BCUT2D eigenvalue weighted by Gasteiger charge is 2.19. The number of nitrogens with one attached hydrogen (secondary N) is 1. The Morgan fingerprint density at radius 1 is 1.41 bits per heavy atom. The molecule has 0 heterocycles. The lowest BCUT2D eigenvalue weighted by molar-refractivity contribution is -0.140. The molecule has 0 aliphatic rings. The third-order valence-electron chi connectivity index (χ3n) is 3.13. The van der Waals surface area contributed by atoms with Gasteiger partial charge < -0.3 is 19.9 Å². The highest BCUT2D eigenvalue weighted by Crippen LogP contribution is 2.36. The Morgan fingerprint density at radius 3 is 2.59 bits per heavy atom. The second-order valence-corrected chi connectivity index (χ2v) is 5.85. The summed E-state index contributed by atoms with van der Waals surface area (Å²) >= 11 is 6.18. The molecule has 124 valence electrons. The molecule has 1 atom stereocenters. The molecule has 0 aliphatic carbocycles. The van der Waals surface area contributed by atoms with Crippen molar-refractivity contribution in [2.24, 2.45) is 5.92 Å². The van der Waals surface area contributed by atoms with Crippen LogP contribution in [-0.2, 0) is 11.3 Å². The predicted octanol–water partition coefficient (Wildman–Crippen LogP) is 3.34. The van der Waals surface area contributed by atoms with Crippen molar-refractivity contribution >= 4 is 17.6 Å². The fraction of sp³-hybridized carbons (Fsp3) is 0.562. The molecule has 2 N–H and O–H groups in total. The molecule has 0 unspecified atom stereocenters. The summed E-state index contributed by atoms with van der Waals surface area (Å²) < 4.78 is 10.7. The van der Waals surface area contributed by atoms with Crippen molar-refractivity contribution in [2.75, 3.05) is 13.7 Å². The van der Waals surface area contributed by atoms with E-state index in [0.717, 1.165) is 5.56 Å². The lowest BCUT2D eigenvalue weighted by Gasteiger charge is -2.18. The first kappa shape index (κ1) is 18.6. The summed E-state index contributed by atoms with van der Waals surface area (Å²) in [5, 5.41) is 12.7. The van der Waals surface area contributed by atoms with Crippen LogP contribution in [0.2, 0.25) is 5.02 Å². The van der Waals surface area contributed by atoms with Gasteiger partial charge in [-0.3, -0.25) is 4.79 Å². The van der Waals surface area contributed by atoms with Gasteiger partial charge in [0.05, 0.1) is 18.7 Å². The molecule has 1 rings (SSSR count). The van der Waals surface area contributed by atoms with Gasteiger partial charge >= 0.3 is 5.97 Å². The molecule has 5 nitrogen and oxygen atoms in total. The number of methoxy groups -OCH3 is 1. The van der Waals surface area contributed by atoms with Crippen molar-refractivity contribution in [3.05, 3.63) is 22.7 Å². The van der Waals surface area contributed by atoms with E-state index in [1.54, 1.807) is 6.07 Å². The minimum absolute atomic E-state index is 0.298. The van der Waals surface area contributed by atoms with Gasteiger partial charge in [-0.05, 0) is 37.0 Å². The minimum atomic E-state index is -0.849. The molecule has 0 aromatic heterocycles. The van der Waals surface area contributed by atoms with E-state index in [9.17, 15) is 9.90 Å². The van der Waals surface area contributed by atoms with Gasteiger partial charge in [-0.25, -0.2) is 0 Å². The van der Waals surface area contributed by atoms with Gasteiger partial charge in [0.15, 0.2) is 11.5 Å². The summed E-state index contributed by atoms with van der Waals surface area (Å²) in [6.45, 7) is 6.76. The Labute approximate surface area is 136 Å². The fourth-order valence-corrected chi connectivity index (χ4v) is 2.48. The zero-order valence-electron chi connectivity index (χ0n) is 13.5. The van der Waals surface area contributed by atoms with Gasteiger partial charge in [0.2, 0.25) is 0 Å². The predicted molar refractivity (Wildman–Crippen MR) is 86.9 cm³/mol. The Bertz CT molecular complexity index is 505. The summed E-state index contributed by atoms with van der Waals surface area (Å²) in [5.41, 5.74) is 0.851. The van der Waals surface area contributed by atoms with Gasteiger partial charge in [-0.1, -0.05) is 25.4 Å². The molecule has 0 bridgehead atoms. The van der Waals surface area contributed by atoms with E-state index in [-0.39, 0.29) is 0 Å². The number of halogens is 1. The lowest BCUT2D eigenvalue weighted by atomic mass is 10.0. The first-order chi connectivity index (χ1) is 10.4. The molecule has 0 amide bonds. The van der Waals surface area contributed by atoms with E-state index in [1.165, 1.54) is 7.11 Å². The van der Waals surface area contributed by atoms with E-state index in [2.05, 4.69) is 5.32 Å². The van der Waals surface area contributed by atoms with Crippen LogP contribution in [0.3, 0.4) is 0 Å². The third kappa shape index (κ3) is 5.39. The van der Waals surface area contributed by atoms with Gasteiger partial charge in [-0.2, -0.15) is 0 Å². The summed E-state index contributed by atoms with van der Waals surface area (Å²) in [6.07, 6.45) is 0.567. The van der Waals surface area contributed by atoms with Crippen LogP contribution in [-0.4, -0.2) is 30.8 Å². The first-order valence-corrected chi connectivity index (χ1v) is 7.72. The topological polar surface area (TPSA) is 67.8 Å². The Hall–Kier alpha value is -1.46. The summed E-state index contributed by atoms with van der Waals surface area (Å²) in [5.74, 6) is 0.500. The molecule has 0 fully saturated rings. The smallest absolute Gasteiger partial charge is 0.320 e. The number of aliphatic carboxylic acids is 1. The van der Waals surface area contributed by atoms with Gasteiger partial charge in [-0.15, -0.1) is 0 Å². The number of carboxylic acid groups (broad SMARTS) is 1. The monoisotopic (exact) mass is 329 g/mol. The van der Waals surface area contributed by atoms with E-state index in [1.807, 2.05) is 26.8 Å². The number of carbonyl (C=O) groups is 1. The summed E-state index contributed by atoms with van der Waals surface area (Å²) in [4.78, 5) is 11.3. The van der Waals surface area contributed by atoms with Crippen molar-refractivity contribution in [3.8, 4) is 11.5 Å². The molecule has 0 saturated carbocycles. The molecule has 0 radical (unpaired) electrons. The molecule has 22 heavy (non-hydrogen) atoms. The van der Waals surface area contributed by atoms with Crippen LogP contribution in [0.15, 0.2) is 12.1 Å². The second kappa shape index (κ2) is 8.86. The van der Waals surface area contributed by atoms with Crippen LogP contribution in [0.25, 0.3) is 0 Å². The van der Waals surface area contributed by atoms with Crippen molar-refractivity contribution < 1.29 is 19.4 Å². The zero-order chi connectivity index (χ0) is 16.7. The average molecular weight is 330 g/mol. The number of hydrogen-bond donors (Lipinski definition) is 2. The van der Waals surface area contributed by atoms with Crippen molar-refractivity contribution in [1.82, 2.24) is 5.32 Å². The average Bonchev–Trinajstić information content (AvgIpc) is 2.43. The quantitative estimate of drug-likeness (QED) is 0.727. The molecule has 1 aromatic carbocycles. The maximum absolute atomic E-state index is 11.3. The Balaban J connectivity index is 2.86. The van der Waals surface area contributed by atoms with Crippen LogP contribution >= 0.6 is 11.6 Å².